The van der Waals surface area contributed by atoms with Crippen molar-refractivity contribution >= 4 is 23.2 Å². The van der Waals surface area contributed by atoms with Crippen LogP contribution in [0.2, 0.25) is 5.02 Å². The molecule has 1 amide bonds. The van der Waals surface area contributed by atoms with Gasteiger partial charge in [-0.25, -0.2) is 0 Å². The number of nitrogens with one attached hydrogen (secondary N) is 1. The minimum Gasteiger partial charge on any atom is -0.487 e. The molecule has 1 saturated heterocycles. The summed E-state index contributed by atoms with van der Waals surface area (Å²) in [5.74, 6) is 0.220. The second kappa shape index (κ2) is 8.33. The molecular weight excluding hydrogens is 308 g/mol. The fraction of sp³-hybridized carbons (Fsp3) is 0.533. The number of hydrogen-bond donors (Lipinski definition) is 2. The first-order valence-electron chi connectivity index (χ1n) is 7.22. The van der Waals surface area contributed by atoms with Crippen LogP contribution in [0.3, 0.4) is 0 Å². The van der Waals surface area contributed by atoms with Gasteiger partial charge in [0.25, 0.3) is 5.91 Å². The third-order valence-electron chi connectivity index (χ3n) is 3.42. The maximum atomic E-state index is 12.3. The van der Waals surface area contributed by atoms with Crippen molar-refractivity contribution in [3.63, 3.8) is 0 Å². The number of ether oxygens (including phenoxy) is 3. The molecule has 3 N–H and O–H groups in total. The van der Waals surface area contributed by atoms with E-state index in [1.165, 1.54) is 0 Å². The molecule has 7 heteroatoms. The molecule has 1 aliphatic rings. The van der Waals surface area contributed by atoms with Crippen LogP contribution < -0.4 is 15.8 Å². The van der Waals surface area contributed by atoms with Crippen LogP contribution in [0.5, 0.6) is 5.75 Å². The van der Waals surface area contributed by atoms with Gasteiger partial charge in [0.05, 0.1) is 23.4 Å². The van der Waals surface area contributed by atoms with Crippen LogP contribution in [0.1, 0.15) is 12.8 Å². The zero-order chi connectivity index (χ0) is 15.9. The Morgan fingerprint density at radius 2 is 2.27 bits per heavy atom. The number of carbonyl (C=O) groups is 1. The number of carbonyl (C=O) groups excluding carboxylic acids is 1. The Labute approximate surface area is 134 Å². The molecule has 1 aromatic rings. The molecule has 122 valence electrons. The highest BCUT2D eigenvalue weighted by molar-refractivity contribution is 6.32. The van der Waals surface area contributed by atoms with Gasteiger partial charge in [0, 0.05) is 13.7 Å². The van der Waals surface area contributed by atoms with Gasteiger partial charge in [-0.15, -0.1) is 0 Å². The number of para-hydroxylation sites is 1. The molecule has 0 aliphatic carbocycles. The first-order valence-corrected chi connectivity index (χ1v) is 7.60. The second-order valence-corrected chi connectivity index (χ2v) is 5.41. The van der Waals surface area contributed by atoms with Gasteiger partial charge in [0.1, 0.15) is 12.7 Å². The average Bonchev–Trinajstić information content (AvgIpc) is 2.99. The highest BCUT2D eigenvalue weighted by Crippen LogP contribution is 2.33. The lowest BCUT2D eigenvalue weighted by Gasteiger charge is -2.16. The highest BCUT2D eigenvalue weighted by Gasteiger charge is 2.30. The van der Waals surface area contributed by atoms with Crippen molar-refractivity contribution in [1.29, 1.82) is 0 Å². The third kappa shape index (κ3) is 4.33. The molecule has 0 bridgehead atoms. The molecule has 1 aromatic carbocycles. The van der Waals surface area contributed by atoms with Gasteiger partial charge in [-0.3, -0.25) is 4.79 Å². The summed E-state index contributed by atoms with van der Waals surface area (Å²) in [4.78, 5) is 12.3. The van der Waals surface area contributed by atoms with Gasteiger partial charge < -0.3 is 25.3 Å². The van der Waals surface area contributed by atoms with E-state index in [9.17, 15) is 4.79 Å². The number of amides is 1. The van der Waals surface area contributed by atoms with E-state index in [0.29, 0.717) is 42.6 Å². The number of benzene rings is 1. The molecule has 0 spiro atoms. The molecule has 0 aromatic heterocycles. The van der Waals surface area contributed by atoms with E-state index in [4.69, 9.17) is 31.5 Å². The van der Waals surface area contributed by atoms with E-state index in [1.54, 1.807) is 25.3 Å². The monoisotopic (exact) mass is 328 g/mol. The summed E-state index contributed by atoms with van der Waals surface area (Å²) in [5, 5.41) is 3.24. The Balaban J connectivity index is 2.02. The predicted octanol–water partition coefficient (Wildman–Crippen LogP) is 1.81. The maximum Gasteiger partial charge on any atom is 0.253 e. The molecule has 22 heavy (non-hydrogen) atoms. The van der Waals surface area contributed by atoms with Crippen LogP contribution in [0.4, 0.5) is 5.69 Å². The van der Waals surface area contributed by atoms with Crippen molar-refractivity contribution in [3.8, 4) is 5.75 Å². The topological polar surface area (TPSA) is 82.8 Å². The summed E-state index contributed by atoms with van der Waals surface area (Å²) in [6.07, 6.45) is 0.919. The molecule has 0 saturated carbocycles. The fourth-order valence-electron chi connectivity index (χ4n) is 2.27. The third-order valence-corrected chi connectivity index (χ3v) is 3.72. The van der Waals surface area contributed by atoms with Crippen molar-refractivity contribution in [3.05, 3.63) is 23.2 Å². The van der Waals surface area contributed by atoms with Gasteiger partial charge in [-0.05, 0) is 25.0 Å². The number of rotatable bonds is 7. The molecule has 0 unspecified atom stereocenters. The van der Waals surface area contributed by atoms with E-state index in [2.05, 4.69) is 5.32 Å². The molecule has 1 aliphatic heterocycles. The zero-order valence-corrected chi connectivity index (χ0v) is 13.3. The highest BCUT2D eigenvalue weighted by atomic mass is 35.5. The summed E-state index contributed by atoms with van der Waals surface area (Å²) >= 11 is 6.13. The summed E-state index contributed by atoms with van der Waals surface area (Å²) in [6, 6.07) is 5.19. The summed E-state index contributed by atoms with van der Waals surface area (Å²) < 4.78 is 16.1. The van der Waals surface area contributed by atoms with Crippen LogP contribution in [0.15, 0.2) is 18.2 Å². The summed E-state index contributed by atoms with van der Waals surface area (Å²) in [7, 11) is 1.59. The van der Waals surface area contributed by atoms with Crippen LogP contribution >= 0.6 is 11.6 Å². The van der Waals surface area contributed by atoms with E-state index in [-0.39, 0.29) is 12.0 Å². The summed E-state index contributed by atoms with van der Waals surface area (Å²) in [5.41, 5.74) is 6.08. The molecule has 2 atom stereocenters. The average molecular weight is 329 g/mol. The van der Waals surface area contributed by atoms with Crippen molar-refractivity contribution in [2.75, 3.05) is 32.2 Å². The minimum atomic E-state index is -0.487. The molecule has 6 nitrogen and oxygen atoms in total. The number of methoxy groups -OCH3 is 1. The lowest BCUT2D eigenvalue weighted by molar-refractivity contribution is -0.126. The standard InChI is InChI=1S/C15H21ClN2O4/c1-20-7-8-21-14-11(16)3-2-4-12(14)18-15(19)13-6-5-10(9-17)22-13/h2-4,10,13H,5-9,17H2,1H3,(H,18,19)/t10-,13+/m1/s1. The van der Waals surface area contributed by atoms with Gasteiger partial charge in [0.15, 0.2) is 5.75 Å². The van der Waals surface area contributed by atoms with E-state index in [0.717, 1.165) is 6.42 Å². The number of anilines is 1. The Hall–Kier alpha value is -1.34. The van der Waals surface area contributed by atoms with Crippen molar-refractivity contribution in [2.45, 2.75) is 25.0 Å². The predicted molar refractivity (Wildman–Crippen MR) is 84.4 cm³/mol. The zero-order valence-electron chi connectivity index (χ0n) is 12.5. The Morgan fingerprint density at radius 3 is 2.95 bits per heavy atom. The van der Waals surface area contributed by atoms with Crippen LogP contribution in [0, 0.1) is 0 Å². The Morgan fingerprint density at radius 1 is 1.45 bits per heavy atom. The molecule has 0 radical (unpaired) electrons. The van der Waals surface area contributed by atoms with E-state index >= 15 is 0 Å². The fourth-order valence-corrected chi connectivity index (χ4v) is 2.50. The van der Waals surface area contributed by atoms with Crippen LogP contribution in [-0.2, 0) is 14.3 Å². The maximum absolute atomic E-state index is 12.3. The molecule has 2 rings (SSSR count). The Bertz CT molecular complexity index is 512. The van der Waals surface area contributed by atoms with Gasteiger partial charge in [0.2, 0.25) is 0 Å². The van der Waals surface area contributed by atoms with Gasteiger partial charge in [-0.2, -0.15) is 0 Å². The number of hydrogen-bond acceptors (Lipinski definition) is 5. The number of halogens is 1. The Kier molecular flexibility index (Phi) is 6.45. The van der Waals surface area contributed by atoms with Crippen LogP contribution in [0.25, 0.3) is 0 Å². The molecule has 1 heterocycles. The lowest BCUT2D eigenvalue weighted by Crippen LogP contribution is -2.30. The minimum absolute atomic E-state index is 0.0486. The summed E-state index contributed by atoms with van der Waals surface area (Å²) in [6.45, 7) is 1.20. The van der Waals surface area contributed by atoms with Gasteiger partial charge >= 0.3 is 0 Å². The molecule has 1 fully saturated rings. The number of nitrogens with two attached hydrogens (primary N) is 1. The largest absolute Gasteiger partial charge is 0.487 e. The first-order chi connectivity index (χ1) is 10.7. The quantitative estimate of drug-likeness (QED) is 0.746. The second-order valence-electron chi connectivity index (χ2n) is 5.01. The van der Waals surface area contributed by atoms with E-state index < -0.39 is 6.10 Å². The van der Waals surface area contributed by atoms with Crippen molar-refractivity contribution in [2.24, 2.45) is 5.73 Å². The lowest BCUT2D eigenvalue weighted by atomic mass is 10.2. The van der Waals surface area contributed by atoms with Crippen molar-refractivity contribution in [1.82, 2.24) is 0 Å². The smallest absolute Gasteiger partial charge is 0.253 e. The van der Waals surface area contributed by atoms with Gasteiger partial charge in [-0.1, -0.05) is 17.7 Å². The van der Waals surface area contributed by atoms with Crippen molar-refractivity contribution < 1.29 is 19.0 Å². The SMILES string of the molecule is COCCOc1c(Cl)cccc1NC(=O)[C@@H]1CC[C@H](CN)O1. The normalized spacial score (nSPS) is 20.9. The molecular formula is C15H21ClN2O4. The first kappa shape index (κ1) is 17.0. The van der Waals surface area contributed by atoms with Crippen LogP contribution in [-0.4, -0.2) is 45.0 Å². The van der Waals surface area contributed by atoms with E-state index in [1.807, 2.05) is 0 Å².